The molecule has 4 N–H and O–H groups in total. The average Bonchev–Trinajstić information content (AvgIpc) is 2.79. The van der Waals surface area contributed by atoms with Gasteiger partial charge in [-0.3, -0.25) is 9.59 Å². The molecule has 0 saturated heterocycles. The summed E-state index contributed by atoms with van der Waals surface area (Å²) in [6.07, 6.45) is 11.5. The molecule has 10 heteroatoms. The Morgan fingerprint density at radius 1 is 0.618 bits per heavy atom. The van der Waals surface area contributed by atoms with Gasteiger partial charge in [-0.05, 0) is 25.7 Å². The van der Waals surface area contributed by atoms with E-state index in [2.05, 4.69) is 24.5 Å². The van der Waals surface area contributed by atoms with Crippen LogP contribution in [0, 0.1) is 0 Å². The van der Waals surface area contributed by atoms with Gasteiger partial charge < -0.3 is 20.8 Å². The Bertz CT molecular complexity index is 542. The van der Waals surface area contributed by atoms with Crippen LogP contribution >= 0.6 is 21.6 Å². The van der Waals surface area contributed by atoms with Crippen molar-refractivity contribution in [3.63, 3.8) is 0 Å². The summed E-state index contributed by atoms with van der Waals surface area (Å²) in [5, 5.41) is 23.9. The molecule has 0 aliphatic rings. The molecule has 0 heterocycles. The standard InChI is InChI=1S/C24H44N2O6S2/c1-3-5-7-9-11-13-21(27)25-19(23(29)30)15-17-33-34-18-16-20(24(31)32)26-22(28)14-12-10-8-6-4-2/h19-20H,3-18H2,1-2H3,(H,25,27)(H,26,28)(H,29,30)(H,31,32)/t19-,20-/m0/s1. The van der Waals surface area contributed by atoms with E-state index in [9.17, 15) is 29.4 Å². The van der Waals surface area contributed by atoms with Gasteiger partial charge in [0.2, 0.25) is 11.8 Å². The minimum Gasteiger partial charge on any atom is -0.480 e. The van der Waals surface area contributed by atoms with E-state index < -0.39 is 24.0 Å². The molecule has 0 aliphatic carbocycles. The molecule has 0 aromatic carbocycles. The number of hydrogen-bond acceptors (Lipinski definition) is 6. The summed E-state index contributed by atoms with van der Waals surface area (Å²) in [5.74, 6) is -1.53. The number of carbonyl (C=O) groups excluding carboxylic acids is 2. The smallest absolute Gasteiger partial charge is 0.326 e. The Morgan fingerprint density at radius 2 is 0.971 bits per heavy atom. The fourth-order valence-electron chi connectivity index (χ4n) is 3.28. The van der Waals surface area contributed by atoms with Crippen LogP contribution in [0.5, 0.6) is 0 Å². The van der Waals surface area contributed by atoms with Crippen molar-refractivity contribution in [2.45, 2.75) is 116 Å². The molecule has 2 amide bonds. The lowest BCUT2D eigenvalue weighted by Crippen LogP contribution is -2.41. The fraction of sp³-hybridized carbons (Fsp3) is 0.833. The first-order valence-corrected chi connectivity index (χ1v) is 15.1. The van der Waals surface area contributed by atoms with Gasteiger partial charge in [0.1, 0.15) is 12.1 Å². The van der Waals surface area contributed by atoms with E-state index in [4.69, 9.17) is 0 Å². The van der Waals surface area contributed by atoms with Crippen LogP contribution in [-0.2, 0) is 19.2 Å². The number of unbranched alkanes of at least 4 members (excludes halogenated alkanes) is 8. The van der Waals surface area contributed by atoms with Crippen molar-refractivity contribution in [2.24, 2.45) is 0 Å². The van der Waals surface area contributed by atoms with Gasteiger partial charge >= 0.3 is 11.9 Å². The van der Waals surface area contributed by atoms with Crippen molar-refractivity contribution in [1.29, 1.82) is 0 Å². The highest BCUT2D eigenvalue weighted by molar-refractivity contribution is 8.76. The summed E-state index contributed by atoms with van der Waals surface area (Å²) >= 11 is 0. The molecule has 0 aromatic heterocycles. The first-order chi connectivity index (χ1) is 16.3. The van der Waals surface area contributed by atoms with Crippen LogP contribution < -0.4 is 10.6 Å². The SMILES string of the molecule is CCCCCCCC(=O)N[C@@H](CCSSCC[C@H](NC(=O)CCCCCCC)C(=O)O)C(=O)O. The molecule has 0 radical (unpaired) electrons. The lowest BCUT2D eigenvalue weighted by molar-refractivity contribution is -0.142. The Balaban J connectivity index is 4.08. The Hall–Kier alpha value is -1.42. The quantitative estimate of drug-likeness (QED) is 0.109. The van der Waals surface area contributed by atoms with Crippen LogP contribution in [0.2, 0.25) is 0 Å². The summed E-state index contributed by atoms with van der Waals surface area (Å²) in [4.78, 5) is 46.8. The largest absolute Gasteiger partial charge is 0.480 e. The normalized spacial score (nSPS) is 12.6. The molecule has 0 saturated carbocycles. The van der Waals surface area contributed by atoms with E-state index in [1.54, 1.807) is 0 Å². The van der Waals surface area contributed by atoms with Gasteiger partial charge in [-0.15, -0.1) is 0 Å². The minimum absolute atomic E-state index is 0.230. The fourth-order valence-corrected chi connectivity index (χ4v) is 5.46. The summed E-state index contributed by atoms with van der Waals surface area (Å²) in [6, 6.07) is -1.83. The number of carboxylic acid groups (broad SMARTS) is 2. The molecule has 0 rings (SSSR count). The summed E-state index contributed by atoms with van der Waals surface area (Å²) < 4.78 is 0. The second-order valence-electron chi connectivity index (χ2n) is 8.47. The maximum atomic E-state index is 12.0. The van der Waals surface area contributed by atoms with Crippen LogP contribution in [0.25, 0.3) is 0 Å². The van der Waals surface area contributed by atoms with Crippen LogP contribution in [0.4, 0.5) is 0 Å². The van der Waals surface area contributed by atoms with Crippen molar-refractivity contribution < 1.29 is 29.4 Å². The van der Waals surface area contributed by atoms with Gasteiger partial charge in [-0.25, -0.2) is 9.59 Å². The van der Waals surface area contributed by atoms with Crippen LogP contribution in [-0.4, -0.2) is 57.6 Å². The molecule has 0 aromatic rings. The van der Waals surface area contributed by atoms with E-state index >= 15 is 0 Å². The molecule has 0 spiro atoms. The molecular weight excluding hydrogens is 476 g/mol. The van der Waals surface area contributed by atoms with Crippen LogP contribution in [0.15, 0.2) is 0 Å². The third-order valence-electron chi connectivity index (χ3n) is 5.34. The molecule has 0 bridgehead atoms. The van der Waals surface area contributed by atoms with E-state index in [1.807, 2.05) is 0 Å². The van der Waals surface area contributed by atoms with Gasteiger partial charge in [0.15, 0.2) is 0 Å². The maximum absolute atomic E-state index is 12.0. The molecule has 0 unspecified atom stereocenters. The summed E-state index contributed by atoms with van der Waals surface area (Å²) in [5.41, 5.74) is 0. The molecule has 8 nitrogen and oxygen atoms in total. The zero-order chi connectivity index (χ0) is 25.6. The predicted octanol–water partition coefficient (Wildman–Crippen LogP) is 5.01. The highest BCUT2D eigenvalue weighted by atomic mass is 33.1. The first kappa shape index (κ1) is 32.6. The van der Waals surface area contributed by atoms with Crippen LogP contribution in [0.3, 0.4) is 0 Å². The number of aliphatic carboxylic acids is 2. The van der Waals surface area contributed by atoms with Gasteiger partial charge in [0.05, 0.1) is 0 Å². The number of amides is 2. The third-order valence-corrected chi connectivity index (χ3v) is 7.82. The topological polar surface area (TPSA) is 133 Å². The Kier molecular flexibility index (Phi) is 21.1. The second kappa shape index (κ2) is 22.1. The predicted molar refractivity (Wildman–Crippen MR) is 140 cm³/mol. The number of rotatable bonds is 23. The lowest BCUT2D eigenvalue weighted by atomic mass is 10.1. The Labute approximate surface area is 212 Å². The van der Waals surface area contributed by atoms with E-state index in [1.165, 1.54) is 21.6 Å². The van der Waals surface area contributed by atoms with Gasteiger partial charge in [0.25, 0.3) is 0 Å². The number of carbonyl (C=O) groups is 4. The van der Waals surface area contributed by atoms with Crippen molar-refractivity contribution in [1.82, 2.24) is 10.6 Å². The molecule has 198 valence electrons. The van der Waals surface area contributed by atoms with Crippen molar-refractivity contribution >= 4 is 45.3 Å². The summed E-state index contributed by atoms with van der Waals surface area (Å²) in [6.45, 7) is 4.25. The highest BCUT2D eigenvalue weighted by Crippen LogP contribution is 2.24. The van der Waals surface area contributed by atoms with Crippen molar-refractivity contribution in [3.8, 4) is 0 Å². The maximum Gasteiger partial charge on any atom is 0.326 e. The Morgan fingerprint density at radius 3 is 1.29 bits per heavy atom. The summed E-state index contributed by atoms with van der Waals surface area (Å²) in [7, 11) is 2.89. The van der Waals surface area contributed by atoms with Crippen molar-refractivity contribution in [2.75, 3.05) is 11.5 Å². The zero-order valence-electron chi connectivity index (χ0n) is 20.8. The first-order valence-electron chi connectivity index (χ1n) is 12.6. The van der Waals surface area contributed by atoms with E-state index in [0.29, 0.717) is 37.2 Å². The van der Waals surface area contributed by atoms with Crippen molar-refractivity contribution in [3.05, 3.63) is 0 Å². The number of nitrogens with one attached hydrogen (secondary N) is 2. The minimum atomic E-state index is -1.05. The lowest BCUT2D eigenvalue weighted by Gasteiger charge is -2.15. The molecule has 2 atom stereocenters. The van der Waals surface area contributed by atoms with Gasteiger partial charge in [-0.1, -0.05) is 86.8 Å². The monoisotopic (exact) mass is 520 g/mol. The zero-order valence-corrected chi connectivity index (χ0v) is 22.4. The number of hydrogen-bond donors (Lipinski definition) is 4. The molecular formula is C24H44N2O6S2. The highest BCUT2D eigenvalue weighted by Gasteiger charge is 2.21. The van der Waals surface area contributed by atoms with E-state index in [-0.39, 0.29) is 11.8 Å². The van der Waals surface area contributed by atoms with E-state index in [0.717, 1.165) is 64.2 Å². The molecule has 34 heavy (non-hydrogen) atoms. The average molecular weight is 521 g/mol. The second-order valence-corrected chi connectivity index (χ2v) is 11.2. The molecule has 0 aliphatic heterocycles. The van der Waals surface area contributed by atoms with Gasteiger partial charge in [-0.2, -0.15) is 0 Å². The van der Waals surface area contributed by atoms with Crippen LogP contribution in [0.1, 0.15) is 104 Å². The van der Waals surface area contributed by atoms with Gasteiger partial charge in [0, 0.05) is 24.3 Å². The number of carboxylic acids is 2. The molecule has 0 fully saturated rings. The third kappa shape index (κ3) is 18.9.